The first-order chi connectivity index (χ1) is 16.0. The summed E-state index contributed by atoms with van der Waals surface area (Å²) in [4.78, 5) is 28.0. The first-order valence-electron chi connectivity index (χ1n) is 10.6. The van der Waals surface area contributed by atoms with Crippen LogP contribution in [-0.4, -0.2) is 35.6 Å². The standard InChI is InChI=1S/C26H26Cl2N2O2S/c1-29-26(32)24(15-19-8-3-2-4-9-19)30(16-20-10-7-12-22(27)14-20)25(31)18-33-17-21-11-5-6-13-23(21)28/h2-14,24H,15-18H2,1H3,(H,29,32). The Balaban J connectivity index is 1.81. The second-order valence-corrected chi connectivity index (χ2v) is 9.38. The fourth-order valence-corrected chi connectivity index (χ4v) is 4.91. The number of carbonyl (C=O) groups excluding carboxylic acids is 2. The third kappa shape index (κ3) is 7.53. The van der Waals surface area contributed by atoms with E-state index in [0.29, 0.717) is 22.2 Å². The van der Waals surface area contributed by atoms with Gasteiger partial charge in [0.2, 0.25) is 11.8 Å². The lowest BCUT2D eigenvalue weighted by atomic mass is 10.0. The molecule has 0 aliphatic carbocycles. The molecule has 0 aliphatic rings. The number of carbonyl (C=O) groups is 2. The van der Waals surface area contributed by atoms with Crippen LogP contribution in [0.15, 0.2) is 78.9 Å². The first kappa shape index (κ1) is 25.2. The zero-order valence-corrected chi connectivity index (χ0v) is 20.7. The zero-order chi connectivity index (χ0) is 23.6. The topological polar surface area (TPSA) is 49.4 Å². The van der Waals surface area contributed by atoms with Gasteiger partial charge in [0.25, 0.3) is 0 Å². The molecule has 0 spiro atoms. The van der Waals surface area contributed by atoms with Crippen LogP contribution in [0.2, 0.25) is 10.0 Å². The van der Waals surface area contributed by atoms with E-state index in [9.17, 15) is 9.59 Å². The minimum absolute atomic E-state index is 0.114. The molecule has 1 atom stereocenters. The van der Waals surface area contributed by atoms with E-state index < -0.39 is 6.04 Å². The summed E-state index contributed by atoms with van der Waals surface area (Å²) in [5.74, 6) is 0.523. The number of nitrogens with zero attached hydrogens (tertiary/aromatic N) is 1. The molecular formula is C26H26Cl2N2O2S. The molecular weight excluding hydrogens is 475 g/mol. The molecule has 3 rings (SSSR count). The van der Waals surface area contributed by atoms with Crippen LogP contribution in [0.25, 0.3) is 0 Å². The van der Waals surface area contributed by atoms with Crippen LogP contribution < -0.4 is 5.32 Å². The van der Waals surface area contributed by atoms with Crippen molar-refractivity contribution >= 4 is 46.8 Å². The van der Waals surface area contributed by atoms with E-state index in [1.165, 1.54) is 11.8 Å². The monoisotopic (exact) mass is 500 g/mol. The minimum atomic E-state index is -0.648. The maximum Gasteiger partial charge on any atom is 0.242 e. The summed E-state index contributed by atoms with van der Waals surface area (Å²) in [5.41, 5.74) is 2.83. The Kier molecular flexibility index (Phi) is 9.67. The minimum Gasteiger partial charge on any atom is -0.357 e. The van der Waals surface area contributed by atoms with E-state index in [-0.39, 0.29) is 24.1 Å². The lowest BCUT2D eigenvalue weighted by Gasteiger charge is -2.31. The lowest BCUT2D eigenvalue weighted by Crippen LogP contribution is -2.50. The Morgan fingerprint density at radius 2 is 1.64 bits per heavy atom. The number of benzene rings is 3. The molecule has 0 aromatic heterocycles. The van der Waals surface area contributed by atoms with E-state index in [0.717, 1.165) is 16.7 Å². The molecule has 1 N–H and O–H groups in total. The van der Waals surface area contributed by atoms with Crippen molar-refractivity contribution in [3.8, 4) is 0 Å². The fraction of sp³-hybridized carbons (Fsp3) is 0.231. The number of hydrogen-bond donors (Lipinski definition) is 1. The fourth-order valence-electron chi connectivity index (χ4n) is 3.50. The van der Waals surface area contributed by atoms with Gasteiger partial charge in [-0.15, -0.1) is 11.8 Å². The van der Waals surface area contributed by atoms with Crippen LogP contribution in [0.5, 0.6) is 0 Å². The summed E-state index contributed by atoms with van der Waals surface area (Å²) in [6.07, 6.45) is 0.419. The number of thioether (sulfide) groups is 1. The SMILES string of the molecule is CNC(=O)C(Cc1ccccc1)N(Cc1cccc(Cl)c1)C(=O)CSCc1ccccc1Cl. The van der Waals surface area contributed by atoms with E-state index in [2.05, 4.69) is 5.32 Å². The number of likely N-dealkylation sites (N-methyl/N-ethyl adjacent to an activating group) is 1. The summed E-state index contributed by atoms with van der Waals surface area (Å²) in [6.45, 7) is 0.289. The number of nitrogens with one attached hydrogen (secondary N) is 1. The maximum absolute atomic E-state index is 13.4. The van der Waals surface area contributed by atoms with Crippen molar-refractivity contribution in [3.63, 3.8) is 0 Å². The predicted octanol–water partition coefficient (Wildman–Crippen LogP) is 5.61. The molecule has 0 bridgehead atoms. The van der Waals surface area contributed by atoms with Crippen molar-refractivity contribution in [1.29, 1.82) is 0 Å². The Hall–Kier alpha value is -2.47. The summed E-state index contributed by atoms with van der Waals surface area (Å²) in [7, 11) is 1.59. The van der Waals surface area contributed by atoms with Crippen molar-refractivity contribution in [1.82, 2.24) is 10.2 Å². The highest BCUT2D eigenvalue weighted by atomic mass is 35.5. The van der Waals surface area contributed by atoms with Crippen LogP contribution in [0.4, 0.5) is 0 Å². The van der Waals surface area contributed by atoms with Crippen molar-refractivity contribution in [2.45, 2.75) is 24.8 Å². The second kappa shape index (κ2) is 12.7. The molecule has 0 saturated carbocycles. The van der Waals surface area contributed by atoms with Gasteiger partial charge in [-0.3, -0.25) is 9.59 Å². The van der Waals surface area contributed by atoms with E-state index in [1.54, 1.807) is 18.0 Å². The molecule has 0 aliphatic heterocycles. The molecule has 172 valence electrons. The van der Waals surface area contributed by atoms with Gasteiger partial charge in [0, 0.05) is 35.8 Å². The molecule has 0 radical (unpaired) electrons. The molecule has 3 aromatic carbocycles. The summed E-state index contributed by atoms with van der Waals surface area (Å²) in [5, 5.41) is 4.00. The Morgan fingerprint density at radius 3 is 2.33 bits per heavy atom. The highest BCUT2D eigenvalue weighted by Crippen LogP contribution is 2.23. The van der Waals surface area contributed by atoms with E-state index >= 15 is 0 Å². The van der Waals surface area contributed by atoms with Crippen molar-refractivity contribution in [3.05, 3.63) is 106 Å². The Labute approximate surface area is 209 Å². The summed E-state index contributed by atoms with van der Waals surface area (Å²) < 4.78 is 0. The average Bonchev–Trinajstić information content (AvgIpc) is 2.82. The molecule has 0 fully saturated rings. The Bertz CT molecular complexity index is 1080. The third-order valence-corrected chi connectivity index (χ3v) is 6.77. The molecule has 7 heteroatoms. The van der Waals surface area contributed by atoms with Crippen LogP contribution in [0.1, 0.15) is 16.7 Å². The number of rotatable bonds is 10. The average molecular weight is 501 g/mol. The predicted molar refractivity (Wildman–Crippen MR) is 138 cm³/mol. The van der Waals surface area contributed by atoms with Gasteiger partial charge in [-0.25, -0.2) is 0 Å². The molecule has 1 unspecified atom stereocenters. The van der Waals surface area contributed by atoms with Gasteiger partial charge in [-0.2, -0.15) is 0 Å². The molecule has 3 aromatic rings. The normalized spacial score (nSPS) is 11.6. The highest BCUT2D eigenvalue weighted by molar-refractivity contribution is 7.99. The maximum atomic E-state index is 13.4. The first-order valence-corrected chi connectivity index (χ1v) is 12.5. The second-order valence-electron chi connectivity index (χ2n) is 7.56. The summed E-state index contributed by atoms with van der Waals surface area (Å²) in [6, 6.07) is 24.0. The number of halogens is 2. The van der Waals surface area contributed by atoms with Gasteiger partial charge in [0.15, 0.2) is 0 Å². The van der Waals surface area contributed by atoms with Crippen molar-refractivity contribution in [2.24, 2.45) is 0 Å². The van der Waals surface area contributed by atoms with Gasteiger partial charge >= 0.3 is 0 Å². The van der Waals surface area contributed by atoms with Crippen molar-refractivity contribution < 1.29 is 9.59 Å². The van der Waals surface area contributed by atoms with Gasteiger partial charge < -0.3 is 10.2 Å². The molecule has 0 saturated heterocycles. The van der Waals surface area contributed by atoms with E-state index in [4.69, 9.17) is 23.2 Å². The van der Waals surface area contributed by atoms with Crippen molar-refractivity contribution in [2.75, 3.05) is 12.8 Å². The van der Waals surface area contributed by atoms with E-state index in [1.807, 2.05) is 72.8 Å². The molecule has 2 amide bonds. The molecule has 0 heterocycles. The van der Waals surface area contributed by atoms with Gasteiger partial charge in [0.1, 0.15) is 6.04 Å². The zero-order valence-electron chi connectivity index (χ0n) is 18.3. The van der Waals surface area contributed by atoms with Crippen LogP contribution >= 0.6 is 35.0 Å². The smallest absolute Gasteiger partial charge is 0.242 e. The third-order valence-electron chi connectivity index (χ3n) is 5.20. The van der Waals surface area contributed by atoms with Crippen LogP contribution in [-0.2, 0) is 28.3 Å². The highest BCUT2D eigenvalue weighted by Gasteiger charge is 2.29. The van der Waals surface area contributed by atoms with Crippen LogP contribution in [0.3, 0.4) is 0 Å². The van der Waals surface area contributed by atoms with Gasteiger partial charge in [-0.05, 0) is 34.9 Å². The quantitative estimate of drug-likeness (QED) is 0.393. The summed E-state index contributed by atoms with van der Waals surface area (Å²) >= 11 is 13.9. The number of amides is 2. The number of hydrogen-bond acceptors (Lipinski definition) is 3. The lowest BCUT2D eigenvalue weighted by molar-refractivity contribution is -0.139. The van der Waals surface area contributed by atoms with Gasteiger partial charge in [-0.1, -0.05) is 83.9 Å². The van der Waals surface area contributed by atoms with Gasteiger partial charge in [0.05, 0.1) is 5.75 Å². The van der Waals surface area contributed by atoms with Crippen LogP contribution in [0, 0.1) is 0 Å². The molecule has 33 heavy (non-hydrogen) atoms. The molecule has 4 nitrogen and oxygen atoms in total. The largest absolute Gasteiger partial charge is 0.357 e. The Morgan fingerprint density at radius 1 is 0.939 bits per heavy atom.